The monoisotopic (exact) mass is 251 g/mol. The van der Waals surface area contributed by atoms with Gasteiger partial charge in [0.05, 0.1) is 30.1 Å². The van der Waals surface area contributed by atoms with Gasteiger partial charge >= 0.3 is 0 Å². The van der Waals surface area contributed by atoms with Crippen LogP contribution in [0.3, 0.4) is 0 Å². The number of nitrogens with zero attached hydrogens (tertiary/aromatic N) is 1. The molecule has 0 amide bonds. The van der Waals surface area contributed by atoms with Gasteiger partial charge in [-0.3, -0.25) is 0 Å². The molecular weight excluding hydrogens is 234 g/mol. The standard InChI is InChI=1S/C17H17NO/c1-16(2,10-18)17(11-19-12-17)15-8-7-13-5-3-4-6-14(13)9-15/h3-9H,11-12H2,1-2H3. The van der Waals surface area contributed by atoms with Gasteiger partial charge in [0.2, 0.25) is 0 Å². The second-order valence-corrected chi connectivity index (χ2v) is 5.87. The van der Waals surface area contributed by atoms with E-state index in [1.807, 2.05) is 26.0 Å². The minimum Gasteiger partial charge on any atom is -0.379 e. The third kappa shape index (κ3) is 1.66. The van der Waals surface area contributed by atoms with Crippen LogP contribution in [0.2, 0.25) is 0 Å². The Hall–Kier alpha value is -1.85. The molecule has 2 heteroatoms. The number of hydrogen-bond acceptors (Lipinski definition) is 2. The van der Waals surface area contributed by atoms with E-state index in [9.17, 15) is 5.26 Å². The van der Waals surface area contributed by atoms with Crippen molar-refractivity contribution >= 4 is 10.8 Å². The Morgan fingerprint density at radius 1 is 1.11 bits per heavy atom. The fourth-order valence-electron chi connectivity index (χ4n) is 2.79. The summed E-state index contributed by atoms with van der Waals surface area (Å²) < 4.78 is 5.44. The van der Waals surface area contributed by atoms with Gasteiger partial charge in [-0.15, -0.1) is 0 Å². The molecule has 1 saturated heterocycles. The number of hydrogen-bond donors (Lipinski definition) is 0. The molecule has 1 fully saturated rings. The predicted octanol–water partition coefficient (Wildman–Crippen LogP) is 3.66. The van der Waals surface area contributed by atoms with E-state index in [0.29, 0.717) is 13.2 Å². The molecule has 0 radical (unpaired) electrons. The van der Waals surface area contributed by atoms with Gasteiger partial charge in [-0.2, -0.15) is 5.26 Å². The highest BCUT2D eigenvalue weighted by molar-refractivity contribution is 5.83. The lowest BCUT2D eigenvalue weighted by Crippen LogP contribution is -2.56. The molecule has 0 N–H and O–H groups in total. The highest BCUT2D eigenvalue weighted by Crippen LogP contribution is 2.47. The van der Waals surface area contributed by atoms with E-state index in [4.69, 9.17) is 4.74 Å². The summed E-state index contributed by atoms with van der Waals surface area (Å²) in [5.41, 5.74) is 0.614. The van der Waals surface area contributed by atoms with Crippen LogP contribution in [-0.4, -0.2) is 13.2 Å². The van der Waals surface area contributed by atoms with Gasteiger partial charge in [0.1, 0.15) is 0 Å². The van der Waals surface area contributed by atoms with Gasteiger partial charge in [-0.1, -0.05) is 42.5 Å². The van der Waals surface area contributed by atoms with E-state index in [0.717, 1.165) is 0 Å². The molecule has 2 aromatic rings. The maximum Gasteiger partial charge on any atom is 0.0695 e. The first-order valence-corrected chi connectivity index (χ1v) is 6.57. The molecule has 1 heterocycles. The van der Waals surface area contributed by atoms with E-state index in [1.165, 1.54) is 16.3 Å². The van der Waals surface area contributed by atoms with Crippen LogP contribution in [0, 0.1) is 16.7 Å². The zero-order valence-corrected chi connectivity index (χ0v) is 11.3. The maximum atomic E-state index is 9.46. The van der Waals surface area contributed by atoms with Gasteiger partial charge in [0.15, 0.2) is 0 Å². The summed E-state index contributed by atoms with van der Waals surface area (Å²) in [6, 6.07) is 17.3. The summed E-state index contributed by atoms with van der Waals surface area (Å²) in [5.74, 6) is 0. The first-order chi connectivity index (χ1) is 9.09. The fourth-order valence-corrected chi connectivity index (χ4v) is 2.79. The van der Waals surface area contributed by atoms with Crippen molar-refractivity contribution in [1.82, 2.24) is 0 Å². The minimum absolute atomic E-state index is 0.175. The van der Waals surface area contributed by atoms with Crippen molar-refractivity contribution < 1.29 is 4.74 Å². The third-order valence-corrected chi connectivity index (χ3v) is 4.47. The van der Waals surface area contributed by atoms with E-state index in [1.54, 1.807) is 0 Å². The largest absolute Gasteiger partial charge is 0.379 e. The summed E-state index contributed by atoms with van der Waals surface area (Å²) in [4.78, 5) is 0. The van der Waals surface area contributed by atoms with Crippen molar-refractivity contribution in [3.8, 4) is 6.07 Å². The summed E-state index contributed by atoms with van der Waals surface area (Å²) >= 11 is 0. The zero-order chi connectivity index (χ0) is 13.5. The molecule has 3 rings (SSSR count). The van der Waals surface area contributed by atoms with Crippen molar-refractivity contribution in [2.75, 3.05) is 13.2 Å². The Morgan fingerprint density at radius 3 is 2.37 bits per heavy atom. The van der Waals surface area contributed by atoms with E-state index in [-0.39, 0.29) is 5.41 Å². The van der Waals surface area contributed by atoms with Crippen LogP contribution in [0.4, 0.5) is 0 Å². The van der Waals surface area contributed by atoms with Crippen molar-refractivity contribution in [2.45, 2.75) is 19.3 Å². The molecule has 0 aromatic heterocycles. The van der Waals surface area contributed by atoms with Crippen LogP contribution >= 0.6 is 0 Å². The molecule has 2 nitrogen and oxygen atoms in total. The highest BCUT2D eigenvalue weighted by atomic mass is 16.5. The molecule has 1 aliphatic heterocycles. The van der Waals surface area contributed by atoms with Crippen molar-refractivity contribution in [2.24, 2.45) is 5.41 Å². The van der Waals surface area contributed by atoms with Crippen molar-refractivity contribution in [1.29, 1.82) is 5.26 Å². The smallest absolute Gasteiger partial charge is 0.0695 e. The summed E-state index contributed by atoms with van der Waals surface area (Å²) in [5, 5.41) is 11.9. The van der Waals surface area contributed by atoms with Gasteiger partial charge in [0, 0.05) is 0 Å². The average Bonchev–Trinajstić information content (AvgIpc) is 2.37. The van der Waals surface area contributed by atoms with Gasteiger partial charge in [-0.25, -0.2) is 0 Å². The van der Waals surface area contributed by atoms with Gasteiger partial charge in [-0.05, 0) is 30.2 Å². The molecule has 0 saturated carbocycles. The summed E-state index contributed by atoms with van der Waals surface area (Å²) in [6.45, 7) is 5.27. The van der Waals surface area contributed by atoms with Crippen LogP contribution in [0.5, 0.6) is 0 Å². The number of ether oxygens (including phenoxy) is 1. The Labute approximate surface area is 113 Å². The molecular formula is C17H17NO. The second kappa shape index (κ2) is 4.08. The Morgan fingerprint density at radius 2 is 1.79 bits per heavy atom. The van der Waals surface area contributed by atoms with E-state index >= 15 is 0 Å². The normalized spacial score (nSPS) is 17.7. The predicted molar refractivity (Wildman–Crippen MR) is 75.8 cm³/mol. The molecule has 0 spiro atoms. The summed E-state index contributed by atoms with van der Waals surface area (Å²) in [7, 11) is 0. The van der Waals surface area contributed by atoms with Crippen LogP contribution in [0.25, 0.3) is 10.8 Å². The van der Waals surface area contributed by atoms with Crippen LogP contribution in [0.1, 0.15) is 19.4 Å². The molecule has 0 aliphatic carbocycles. The SMILES string of the molecule is CC(C)(C#N)C1(c2ccc3ccccc3c2)COC1. The number of rotatable bonds is 2. The molecule has 96 valence electrons. The number of nitriles is 1. The molecule has 19 heavy (non-hydrogen) atoms. The Bertz CT molecular complexity index is 662. The van der Waals surface area contributed by atoms with Gasteiger partial charge < -0.3 is 4.74 Å². The highest BCUT2D eigenvalue weighted by Gasteiger charge is 2.52. The van der Waals surface area contributed by atoms with Crippen molar-refractivity contribution in [3.63, 3.8) is 0 Å². The number of fused-ring (bicyclic) bond motifs is 1. The van der Waals surface area contributed by atoms with E-state index < -0.39 is 5.41 Å². The molecule has 1 aliphatic rings. The van der Waals surface area contributed by atoms with Gasteiger partial charge in [0.25, 0.3) is 0 Å². The first kappa shape index (κ1) is 12.2. The Balaban J connectivity index is 2.15. The Kier molecular flexibility index (Phi) is 2.62. The van der Waals surface area contributed by atoms with Crippen LogP contribution < -0.4 is 0 Å². The molecule has 2 aromatic carbocycles. The molecule has 0 atom stereocenters. The summed E-state index contributed by atoms with van der Waals surface area (Å²) in [6.07, 6.45) is 0. The lowest BCUT2D eigenvalue weighted by atomic mass is 9.61. The topological polar surface area (TPSA) is 33.0 Å². The minimum atomic E-state index is -0.423. The quantitative estimate of drug-likeness (QED) is 0.816. The molecule has 0 unspecified atom stereocenters. The van der Waals surface area contributed by atoms with E-state index in [2.05, 4.69) is 36.4 Å². The lowest BCUT2D eigenvalue weighted by Gasteiger charge is -2.49. The first-order valence-electron chi connectivity index (χ1n) is 6.57. The average molecular weight is 251 g/mol. The lowest BCUT2D eigenvalue weighted by molar-refractivity contribution is -0.102. The van der Waals surface area contributed by atoms with Crippen molar-refractivity contribution in [3.05, 3.63) is 48.0 Å². The maximum absolute atomic E-state index is 9.46. The molecule has 0 bridgehead atoms. The van der Waals surface area contributed by atoms with Crippen LogP contribution in [0.15, 0.2) is 42.5 Å². The fraction of sp³-hybridized carbons (Fsp3) is 0.353. The zero-order valence-electron chi connectivity index (χ0n) is 11.3. The second-order valence-electron chi connectivity index (χ2n) is 5.87. The third-order valence-electron chi connectivity index (χ3n) is 4.47. The number of benzene rings is 2. The van der Waals surface area contributed by atoms with Crippen LogP contribution in [-0.2, 0) is 10.2 Å².